The smallest absolute Gasteiger partial charge is 0.250 e. The largest absolute Gasteiger partial charge is 0.366 e. The molecule has 1 amide bonds. The maximum absolute atomic E-state index is 12.8. The Morgan fingerprint density at radius 1 is 1.33 bits per heavy atom. The van der Waals surface area contributed by atoms with Gasteiger partial charge in [0.1, 0.15) is 4.21 Å². The number of primary amides is 1. The van der Waals surface area contributed by atoms with Crippen LogP contribution in [0.25, 0.3) is 0 Å². The van der Waals surface area contributed by atoms with Crippen LogP contribution < -0.4 is 10.5 Å². The second-order valence-electron chi connectivity index (χ2n) is 6.67. The fourth-order valence-corrected chi connectivity index (χ4v) is 6.99. The summed E-state index contributed by atoms with van der Waals surface area (Å²) in [5.41, 5.74) is 4.94. The lowest BCUT2D eigenvalue weighted by Gasteiger charge is -2.33. The molecule has 2 fully saturated rings. The topological polar surface area (TPSA) is 89.3 Å². The summed E-state index contributed by atoms with van der Waals surface area (Å²) >= 11 is 6.93. The number of sulfonamides is 1. The third kappa shape index (κ3) is 3.54. The number of fused-ring (bicyclic) bond motifs is 2. The Morgan fingerprint density at radius 3 is 2.79 bits per heavy atom. The van der Waals surface area contributed by atoms with Crippen molar-refractivity contribution in [1.29, 1.82) is 0 Å². The van der Waals surface area contributed by atoms with Crippen molar-refractivity contribution in [1.82, 2.24) is 4.72 Å². The molecule has 0 radical (unpaired) electrons. The first kappa shape index (κ1) is 17.9. The van der Waals surface area contributed by atoms with Crippen molar-refractivity contribution in [2.45, 2.75) is 48.8 Å². The highest BCUT2D eigenvalue weighted by Gasteiger charge is 2.49. The molecule has 3 unspecified atom stereocenters. The van der Waals surface area contributed by atoms with Gasteiger partial charge in [0, 0.05) is 11.5 Å². The van der Waals surface area contributed by atoms with Crippen LogP contribution in [0.4, 0.5) is 0 Å². The zero-order chi connectivity index (χ0) is 17.4. The highest BCUT2D eigenvalue weighted by atomic mass is 35.5. The van der Waals surface area contributed by atoms with E-state index in [2.05, 4.69) is 4.72 Å². The first-order valence-electron chi connectivity index (χ1n) is 8.09. The summed E-state index contributed by atoms with van der Waals surface area (Å²) in [7, 11) is -3.62. The van der Waals surface area contributed by atoms with E-state index in [1.807, 2.05) is 6.08 Å². The predicted octanol–water partition coefficient (Wildman–Crippen LogP) is 3.06. The molecule has 0 aromatic carbocycles. The van der Waals surface area contributed by atoms with Crippen LogP contribution in [0.5, 0.6) is 0 Å². The number of hydrogen-bond acceptors (Lipinski definition) is 4. The van der Waals surface area contributed by atoms with E-state index in [0.717, 1.165) is 49.9 Å². The van der Waals surface area contributed by atoms with Gasteiger partial charge in [0.05, 0.1) is 4.34 Å². The lowest BCUT2D eigenvalue weighted by atomic mass is 9.78. The third-order valence-electron chi connectivity index (χ3n) is 5.21. The van der Waals surface area contributed by atoms with E-state index in [4.69, 9.17) is 17.3 Å². The quantitative estimate of drug-likeness (QED) is 0.759. The maximum atomic E-state index is 12.8. The monoisotopic (exact) mass is 388 g/mol. The molecule has 0 spiro atoms. The highest BCUT2D eigenvalue weighted by Crippen LogP contribution is 2.51. The van der Waals surface area contributed by atoms with E-state index >= 15 is 0 Å². The van der Waals surface area contributed by atoms with Crippen molar-refractivity contribution in [3.05, 3.63) is 28.6 Å². The standard InChI is InChI=1S/C16H21ClN2O3S2/c17-12-4-5-14(23-12)24(21,22)19-15-11-3-1-2-8-16(15,9-6-11)10-7-13(18)20/h4-5,7,10-11,15,19H,1-3,6,8-9H2,(H2,18,20)/b10-7+. The molecule has 2 saturated carbocycles. The molecule has 5 nitrogen and oxygen atoms in total. The molecule has 3 atom stereocenters. The van der Waals surface area contributed by atoms with Gasteiger partial charge in [-0.25, -0.2) is 13.1 Å². The van der Waals surface area contributed by atoms with Gasteiger partial charge in [-0.2, -0.15) is 0 Å². The van der Waals surface area contributed by atoms with E-state index in [9.17, 15) is 13.2 Å². The van der Waals surface area contributed by atoms with E-state index in [-0.39, 0.29) is 21.6 Å². The first-order valence-corrected chi connectivity index (χ1v) is 10.8. The van der Waals surface area contributed by atoms with Crippen molar-refractivity contribution in [2.75, 3.05) is 0 Å². The molecule has 24 heavy (non-hydrogen) atoms. The Hall–Kier alpha value is -0.890. The molecule has 0 saturated heterocycles. The number of nitrogens with two attached hydrogens (primary N) is 1. The number of amides is 1. The van der Waals surface area contributed by atoms with Crippen molar-refractivity contribution in [3.8, 4) is 0 Å². The molecule has 1 heterocycles. The summed E-state index contributed by atoms with van der Waals surface area (Å²) in [5, 5.41) is 0. The fraction of sp³-hybridized carbons (Fsp3) is 0.562. The van der Waals surface area contributed by atoms with Gasteiger partial charge in [-0.15, -0.1) is 11.3 Å². The molecule has 3 rings (SSSR count). The van der Waals surface area contributed by atoms with E-state index < -0.39 is 15.9 Å². The fourth-order valence-electron chi connectivity index (χ4n) is 4.10. The van der Waals surface area contributed by atoms with Gasteiger partial charge < -0.3 is 5.73 Å². The number of halogens is 1. The Morgan fingerprint density at radius 2 is 2.12 bits per heavy atom. The van der Waals surface area contributed by atoms with E-state index in [1.165, 1.54) is 12.1 Å². The van der Waals surface area contributed by atoms with Gasteiger partial charge in [-0.3, -0.25) is 4.79 Å². The van der Waals surface area contributed by atoms with Crippen LogP contribution in [0.1, 0.15) is 38.5 Å². The maximum Gasteiger partial charge on any atom is 0.250 e. The van der Waals surface area contributed by atoms with Crippen molar-refractivity contribution in [2.24, 2.45) is 17.1 Å². The van der Waals surface area contributed by atoms with Crippen LogP contribution in [0.3, 0.4) is 0 Å². The molecule has 3 N–H and O–H groups in total. The molecule has 1 aromatic rings. The first-order chi connectivity index (χ1) is 11.3. The minimum atomic E-state index is -3.62. The molecule has 2 aliphatic rings. The minimum Gasteiger partial charge on any atom is -0.366 e. The van der Waals surface area contributed by atoms with Gasteiger partial charge in [-0.05, 0) is 49.8 Å². The predicted molar refractivity (Wildman–Crippen MR) is 95.4 cm³/mol. The summed E-state index contributed by atoms with van der Waals surface area (Å²) < 4.78 is 29.1. The number of nitrogens with one attached hydrogen (secondary N) is 1. The zero-order valence-corrected chi connectivity index (χ0v) is 15.6. The number of carbonyl (C=O) groups excluding carboxylic acids is 1. The SMILES string of the molecule is NC(=O)/C=C/C12CCCCC(CC1)C2NS(=O)(=O)c1ccc(Cl)s1. The normalized spacial score (nSPS) is 30.5. The zero-order valence-electron chi connectivity index (χ0n) is 13.2. The van der Waals surface area contributed by atoms with Gasteiger partial charge in [0.15, 0.2) is 0 Å². The number of hydrogen-bond donors (Lipinski definition) is 2. The van der Waals surface area contributed by atoms with Crippen LogP contribution in [0.2, 0.25) is 4.34 Å². The molecular weight excluding hydrogens is 368 g/mol. The molecule has 1 aromatic heterocycles. The summed E-state index contributed by atoms with van der Waals surface area (Å²) in [5.74, 6) is -0.209. The third-order valence-corrected chi connectivity index (χ3v) is 8.38. The molecular formula is C16H21ClN2O3S2. The number of thiophene rings is 1. The summed E-state index contributed by atoms with van der Waals surface area (Å²) in [4.78, 5) is 11.2. The average molecular weight is 389 g/mol. The van der Waals surface area contributed by atoms with Gasteiger partial charge in [0.25, 0.3) is 0 Å². The van der Waals surface area contributed by atoms with Gasteiger partial charge in [0.2, 0.25) is 15.9 Å². The Kier molecular flexibility index (Phi) is 5.06. The molecule has 0 aliphatic heterocycles. The Labute approximate surface area is 151 Å². The Bertz CT molecular complexity index is 759. The van der Waals surface area contributed by atoms with E-state index in [0.29, 0.717) is 4.34 Å². The van der Waals surface area contributed by atoms with Crippen molar-refractivity contribution >= 4 is 38.9 Å². The molecule has 2 aliphatic carbocycles. The van der Waals surface area contributed by atoms with Crippen molar-refractivity contribution in [3.63, 3.8) is 0 Å². The second kappa shape index (κ2) is 6.78. The summed E-state index contributed by atoms with van der Waals surface area (Å²) in [6.45, 7) is 0. The summed E-state index contributed by atoms with van der Waals surface area (Å²) in [6.07, 6.45) is 9.05. The number of carbonyl (C=O) groups is 1. The van der Waals surface area contributed by atoms with Gasteiger partial charge >= 0.3 is 0 Å². The highest BCUT2D eigenvalue weighted by molar-refractivity contribution is 7.91. The molecule has 2 bridgehead atoms. The van der Waals surface area contributed by atoms with Crippen LogP contribution >= 0.6 is 22.9 Å². The van der Waals surface area contributed by atoms with Crippen LogP contribution in [0.15, 0.2) is 28.5 Å². The molecule has 132 valence electrons. The second-order valence-corrected chi connectivity index (χ2v) is 10.3. The lowest BCUT2D eigenvalue weighted by Crippen LogP contribution is -2.46. The van der Waals surface area contributed by atoms with Crippen LogP contribution in [0, 0.1) is 11.3 Å². The lowest BCUT2D eigenvalue weighted by molar-refractivity contribution is -0.113. The van der Waals surface area contributed by atoms with Gasteiger partial charge in [-0.1, -0.05) is 30.5 Å². The average Bonchev–Trinajstić information content (AvgIpc) is 3.01. The van der Waals surface area contributed by atoms with Crippen LogP contribution in [-0.4, -0.2) is 20.4 Å². The summed E-state index contributed by atoms with van der Waals surface area (Å²) in [6, 6.07) is 2.91. The Balaban J connectivity index is 1.92. The van der Waals surface area contributed by atoms with Crippen molar-refractivity contribution < 1.29 is 13.2 Å². The molecule has 8 heteroatoms. The minimum absolute atomic E-state index is 0.207. The number of rotatable bonds is 5. The van der Waals surface area contributed by atoms with E-state index in [1.54, 1.807) is 6.07 Å². The van der Waals surface area contributed by atoms with Crippen LogP contribution in [-0.2, 0) is 14.8 Å².